The molecule has 0 aliphatic heterocycles. The van der Waals surface area contributed by atoms with E-state index >= 15 is 0 Å². The summed E-state index contributed by atoms with van der Waals surface area (Å²) >= 11 is 0. The second kappa shape index (κ2) is 2.30. The molecule has 3 N–H and O–H groups in total. The molecule has 0 amide bonds. The topological polar surface area (TPSA) is 63.8 Å². The van der Waals surface area contributed by atoms with E-state index in [0.29, 0.717) is 5.82 Å². The first-order chi connectivity index (χ1) is 4.33. The molecule has 0 unspecified atom stereocenters. The van der Waals surface area contributed by atoms with Crippen molar-refractivity contribution in [1.82, 2.24) is 9.97 Å². The Kier molecular flexibility index (Phi) is 1.48. The van der Waals surface area contributed by atoms with Gasteiger partial charge in [0.1, 0.15) is 18.0 Å². The molecular weight excluding hydrogens is 116 g/mol. The fourth-order valence-corrected chi connectivity index (χ4v) is 0.509. The van der Waals surface area contributed by atoms with Gasteiger partial charge < -0.3 is 11.1 Å². The Morgan fingerprint density at radius 1 is 1.56 bits per heavy atom. The van der Waals surface area contributed by atoms with E-state index in [1.54, 1.807) is 13.1 Å². The molecule has 0 aromatic carbocycles. The summed E-state index contributed by atoms with van der Waals surface area (Å²) in [5.41, 5.74) is 5.34. The Balaban J connectivity index is 2.94. The zero-order chi connectivity index (χ0) is 6.69. The molecule has 0 aliphatic rings. The van der Waals surface area contributed by atoms with Gasteiger partial charge in [-0.05, 0) is 0 Å². The molecule has 0 saturated heterocycles. The normalized spacial score (nSPS) is 9.00. The van der Waals surface area contributed by atoms with Gasteiger partial charge in [-0.1, -0.05) is 0 Å². The lowest BCUT2D eigenvalue weighted by Crippen LogP contribution is -1.95. The molecule has 1 heterocycles. The summed E-state index contributed by atoms with van der Waals surface area (Å²) in [6.45, 7) is 0. The van der Waals surface area contributed by atoms with Crippen LogP contribution in [0.15, 0.2) is 12.4 Å². The number of anilines is 2. The van der Waals surface area contributed by atoms with Crippen LogP contribution < -0.4 is 11.1 Å². The Labute approximate surface area is 53.1 Å². The number of nitrogens with one attached hydrogen (secondary N) is 1. The number of nitrogens with two attached hydrogens (primary N) is 1. The van der Waals surface area contributed by atoms with E-state index in [1.165, 1.54) is 6.33 Å². The molecule has 0 aliphatic carbocycles. The standard InChI is InChI=1S/C5H8N4/c1-7-5-2-4(6)8-3-9-5/h2-3H,1H3,(H3,6,7,8,9). The summed E-state index contributed by atoms with van der Waals surface area (Å²) in [5.74, 6) is 1.22. The fourth-order valence-electron chi connectivity index (χ4n) is 0.509. The molecule has 0 spiro atoms. The summed E-state index contributed by atoms with van der Waals surface area (Å²) < 4.78 is 0. The van der Waals surface area contributed by atoms with Crippen LogP contribution in [0.1, 0.15) is 0 Å². The van der Waals surface area contributed by atoms with Crippen molar-refractivity contribution in [2.24, 2.45) is 0 Å². The van der Waals surface area contributed by atoms with Crippen LogP contribution in [-0.2, 0) is 0 Å². The lowest BCUT2D eigenvalue weighted by atomic mass is 10.5. The second-order valence-electron chi connectivity index (χ2n) is 1.58. The Morgan fingerprint density at radius 3 is 2.78 bits per heavy atom. The van der Waals surface area contributed by atoms with Crippen LogP contribution in [0.4, 0.5) is 11.6 Å². The second-order valence-corrected chi connectivity index (χ2v) is 1.58. The monoisotopic (exact) mass is 124 g/mol. The van der Waals surface area contributed by atoms with Gasteiger partial charge in [0.05, 0.1) is 0 Å². The van der Waals surface area contributed by atoms with Crippen LogP contribution >= 0.6 is 0 Å². The van der Waals surface area contributed by atoms with E-state index in [9.17, 15) is 0 Å². The van der Waals surface area contributed by atoms with Crippen molar-refractivity contribution in [3.63, 3.8) is 0 Å². The first-order valence-corrected chi connectivity index (χ1v) is 2.58. The number of nitrogens with zero attached hydrogens (tertiary/aromatic N) is 2. The van der Waals surface area contributed by atoms with Crippen molar-refractivity contribution >= 4 is 11.6 Å². The van der Waals surface area contributed by atoms with Crippen LogP contribution in [0.2, 0.25) is 0 Å². The predicted molar refractivity (Wildman–Crippen MR) is 36.0 cm³/mol. The highest BCUT2D eigenvalue weighted by molar-refractivity contribution is 5.42. The van der Waals surface area contributed by atoms with E-state index in [4.69, 9.17) is 5.73 Å². The molecule has 0 saturated carbocycles. The summed E-state index contributed by atoms with van der Waals surface area (Å²) in [4.78, 5) is 7.57. The molecule has 0 bridgehead atoms. The SMILES string of the molecule is CNc1cc(N)ncn1. The average molecular weight is 124 g/mol. The smallest absolute Gasteiger partial charge is 0.131 e. The molecule has 1 aromatic heterocycles. The summed E-state index contributed by atoms with van der Waals surface area (Å²) in [6, 6.07) is 1.67. The molecule has 0 fully saturated rings. The van der Waals surface area contributed by atoms with Gasteiger partial charge >= 0.3 is 0 Å². The van der Waals surface area contributed by atoms with Crippen LogP contribution in [-0.4, -0.2) is 17.0 Å². The van der Waals surface area contributed by atoms with Gasteiger partial charge in [-0.15, -0.1) is 0 Å². The van der Waals surface area contributed by atoms with Crippen LogP contribution in [0.25, 0.3) is 0 Å². The third-order valence-corrected chi connectivity index (χ3v) is 0.944. The first kappa shape index (κ1) is 5.81. The van der Waals surface area contributed by atoms with Crippen molar-refractivity contribution < 1.29 is 0 Å². The third kappa shape index (κ3) is 1.28. The van der Waals surface area contributed by atoms with Crippen molar-refractivity contribution in [3.8, 4) is 0 Å². The van der Waals surface area contributed by atoms with Crippen molar-refractivity contribution in [1.29, 1.82) is 0 Å². The molecule has 9 heavy (non-hydrogen) atoms. The molecule has 0 atom stereocenters. The van der Waals surface area contributed by atoms with Gasteiger partial charge in [-0.2, -0.15) is 0 Å². The maximum absolute atomic E-state index is 5.34. The van der Waals surface area contributed by atoms with Gasteiger partial charge in [0.15, 0.2) is 0 Å². The molecule has 48 valence electrons. The molecule has 0 radical (unpaired) electrons. The number of hydrogen-bond donors (Lipinski definition) is 2. The van der Waals surface area contributed by atoms with Crippen molar-refractivity contribution in [2.75, 3.05) is 18.1 Å². The predicted octanol–water partition coefficient (Wildman–Crippen LogP) is 0.100. The largest absolute Gasteiger partial charge is 0.384 e. The molecule has 4 nitrogen and oxygen atoms in total. The van der Waals surface area contributed by atoms with E-state index in [1.807, 2.05) is 0 Å². The summed E-state index contributed by atoms with van der Waals surface area (Å²) in [6.07, 6.45) is 1.42. The highest BCUT2D eigenvalue weighted by Crippen LogP contribution is 2.01. The molecular formula is C5H8N4. The quantitative estimate of drug-likeness (QED) is 0.557. The van der Waals surface area contributed by atoms with E-state index < -0.39 is 0 Å². The minimum Gasteiger partial charge on any atom is -0.384 e. The molecule has 1 rings (SSSR count). The number of hydrogen-bond acceptors (Lipinski definition) is 4. The Morgan fingerprint density at radius 2 is 2.33 bits per heavy atom. The number of aromatic nitrogens is 2. The first-order valence-electron chi connectivity index (χ1n) is 2.58. The minimum atomic E-state index is 0.481. The lowest BCUT2D eigenvalue weighted by Gasteiger charge is -1.96. The summed E-state index contributed by atoms with van der Waals surface area (Å²) in [5, 5.41) is 2.84. The van der Waals surface area contributed by atoms with E-state index in [-0.39, 0.29) is 0 Å². The fraction of sp³-hybridized carbons (Fsp3) is 0.200. The summed E-state index contributed by atoms with van der Waals surface area (Å²) in [7, 11) is 1.78. The maximum Gasteiger partial charge on any atom is 0.131 e. The van der Waals surface area contributed by atoms with Crippen LogP contribution in [0.5, 0.6) is 0 Å². The third-order valence-electron chi connectivity index (χ3n) is 0.944. The van der Waals surface area contributed by atoms with Crippen molar-refractivity contribution in [3.05, 3.63) is 12.4 Å². The molecule has 4 heteroatoms. The van der Waals surface area contributed by atoms with Gasteiger partial charge in [0.2, 0.25) is 0 Å². The lowest BCUT2D eigenvalue weighted by molar-refractivity contribution is 1.17. The highest BCUT2D eigenvalue weighted by Gasteiger charge is 1.88. The minimum absolute atomic E-state index is 0.481. The Hall–Kier alpha value is -1.32. The van der Waals surface area contributed by atoms with Crippen LogP contribution in [0, 0.1) is 0 Å². The number of rotatable bonds is 1. The number of nitrogen functional groups attached to an aromatic ring is 1. The van der Waals surface area contributed by atoms with Crippen molar-refractivity contribution in [2.45, 2.75) is 0 Å². The van der Waals surface area contributed by atoms with E-state index in [0.717, 1.165) is 5.82 Å². The Bertz CT molecular complexity index is 198. The zero-order valence-electron chi connectivity index (χ0n) is 5.13. The molecule has 1 aromatic rings. The maximum atomic E-state index is 5.34. The van der Waals surface area contributed by atoms with Gasteiger partial charge in [-0.25, -0.2) is 9.97 Å². The van der Waals surface area contributed by atoms with E-state index in [2.05, 4.69) is 15.3 Å². The van der Waals surface area contributed by atoms with Gasteiger partial charge in [-0.3, -0.25) is 0 Å². The van der Waals surface area contributed by atoms with Crippen LogP contribution in [0.3, 0.4) is 0 Å². The van der Waals surface area contributed by atoms with Gasteiger partial charge in [0.25, 0.3) is 0 Å². The zero-order valence-corrected chi connectivity index (χ0v) is 5.13. The average Bonchev–Trinajstić information content (AvgIpc) is 1.88. The van der Waals surface area contributed by atoms with Gasteiger partial charge in [0, 0.05) is 13.1 Å². The highest BCUT2D eigenvalue weighted by atomic mass is 15.0.